The van der Waals surface area contributed by atoms with Crippen molar-refractivity contribution in [2.75, 3.05) is 13.2 Å². The fourth-order valence-corrected chi connectivity index (χ4v) is 0.382. The van der Waals surface area contributed by atoms with Crippen molar-refractivity contribution in [2.45, 2.75) is 20.3 Å². The Morgan fingerprint density at radius 2 is 1.67 bits per heavy atom. The summed E-state index contributed by atoms with van der Waals surface area (Å²) in [4.78, 5) is 0. The van der Waals surface area contributed by atoms with E-state index in [0.29, 0.717) is 6.42 Å². The molecule has 0 atom stereocenters. The van der Waals surface area contributed by atoms with Gasteiger partial charge in [-0.3, -0.25) is 0 Å². The Kier molecular flexibility index (Phi) is 8.15. The number of rotatable bonds is 3. The average Bonchev–Trinajstić information content (AvgIpc) is 1.67. The summed E-state index contributed by atoms with van der Waals surface area (Å²) >= 11 is 0. The quantitative estimate of drug-likeness (QED) is 0.702. The standard InChI is InChI=1S/C6H14O2.Y/c1-6(2,5-8)3-4-7;/h7-8H,3-5H2,1-2H3;. The van der Waals surface area contributed by atoms with Gasteiger partial charge in [-0.1, -0.05) is 13.8 Å². The molecule has 0 rings (SSSR count). The molecular weight excluding hydrogens is 193 g/mol. The Labute approximate surface area is 81.5 Å². The SMILES string of the molecule is CC(C)(CO)CCO.[Y]. The van der Waals surface area contributed by atoms with E-state index >= 15 is 0 Å². The van der Waals surface area contributed by atoms with Crippen LogP contribution in [0.25, 0.3) is 0 Å². The number of aliphatic hydroxyl groups excluding tert-OH is 2. The smallest absolute Gasteiger partial charge is 0.0482 e. The van der Waals surface area contributed by atoms with E-state index in [1.54, 1.807) is 0 Å². The first kappa shape index (κ1) is 12.7. The first-order chi connectivity index (χ1) is 3.62. The van der Waals surface area contributed by atoms with Crippen LogP contribution in [-0.2, 0) is 32.7 Å². The van der Waals surface area contributed by atoms with Crippen molar-refractivity contribution in [3.05, 3.63) is 0 Å². The van der Waals surface area contributed by atoms with E-state index in [2.05, 4.69) is 0 Å². The molecule has 53 valence electrons. The monoisotopic (exact) mass is 207 g/mol. The predicted molar refractivity (Wildman–Crippen MR) is 32.6 cm³/mol. The fourth-order valence-electron chi connectivity index (χ4n) is 0.382. The van der Waals surface area contributed by atoms with Crippen LogP contribution in [0.2, 0.25) is 0 Å². The zero-order chi connectivity index (χ0) is 6.62. The van der Waals surface area contributed by atoms with Crippen molar-refractivity contribution < 1.29 is 42.9 Å². The van der Waals surface area contributed by atoms with Gasteiger partial charge in [-0.15, -0.1) is 0 Å². The van der Waals surface area contributed by atoms with E-state index in [0.717, 1.165) is 0 Å². The molecule has 0 amide bonds. The molecular formula is C6H14O2Y. The Morgan fingerprint density at radius 3 is 1.78 bits per heavy atom. The van der Waals surface area contributed by atoms with Crippen molar-refractivity contribution in [1.29, 1.82) is 0 Å². The van der Waals surface area contributed by atoms with Crippen LogP contribution in [0, 0.1) is 5.41 Å². The summed E-state index contributed by atoms with van der Waals surface area (Å²) in [5, 5.41) is 17.0. The molecule has 0 aromatic rings. The number of hydrogen-bond donors (Lipinski definition) is 2. The molecule has 9 heavy (non-hydrogen) atoms. The van der Waals surface area contributed by atoms with Crippen LogP contribution in [0.15, 0.2) is 0 Å². The number of aliphatic hydroxyl groups is 2. The third-order valence-electron chi connectivity index (χ3n) is 1.22. The second kappa shape index (κ2) is 5.78. The molecule has 0 aromatic heterocycles. The average molecular weight is 207 g/mol. The van der Waals surface area contributed by atoms with Crippen LogP contribution < -0.4 is 0 Å². The molecule has 0 aliphatic carbocycles. The molecule has 1 radical (unpaired) electrons. The fraction of sp³-hybridized carbons (Fsp3) is 1.00. The largest absolute Gasteiger partial charge is 0.396 e. The third-order valence-corrected chi connectivity index (χ3v) is 1.22. The van der Waals surface area contributed by atoms with Crippen molar-refractivity contribution in [3.63, 3.8) is 0 Å². The maximum Gasteiger partial charge on any atom is 0.0482 e. The van der Waals surface area contributed by atoms with Gasteiger partial charge in [-0.05, 0) is 11.8 Å². The van der Waals surface area contributed by atoms with Crippen LogP contribution in [0.3, 0.4) is 0 Å². The minimum Gasteiger partial charge on any atom is -0.396 e. The van der Waals surface area contributed by atoms with Crippen LogP contribution in [0.1, 0.15) is 20.3 Å². The zero-order valence-corrected chi connectivity index (χ0v) is 8.93. The molecule has 3 heteroatoms. The van der Waals surface area contributed by atoms with E-state index < -0.39 is 0 Å². The van der Waals surface area contributed by atoms with Gasteiger partial charge in [0, 0.05) is 45.9 Å². The molecule has 0 spiro atoms. The molecule has 2 nitrogen and oxygen atoms in total. The molecule has 2 N–H and O–H groups in total. The van der Waals surface area contributed by atoms with Gasteiger partial charge in [-0.2, -0.15) is 0 Å². The van der Waals surface area contributed by atoms with Crippen molar-refractivity contribution in [3.8, 4) is 0 Å². The molecule has 0 aliphatic heterocycles. The van der Waals surface area contributed by atoms with Gasteiger partial charge < -0.3 is 10.2 Å². The zero-order valence-electron chi connectivity index (χ0n) is 6.09. The molecule has 0 fully saturated rings. The van der Waals surface area contributed by atoms with Gasteiger partial charge in [0.2, 0.25) is 0 Å². The summed E-state index contributed by atoms with van der Waals surface area (Å²) in [6.07, 6.45) is 0.670. The molecule has 0 saturated carbocycles. The van der Waals surface area contributed by atoms with E-state index in [1.165, 1.54) is 0 Å². The van der Waals surface area contributed by atoms with Crippen LogP contribution in [-0.4, -0.2) is 23.4 Å². The first-order valence-corrected chi connectivity index (χ1v) is 2.84. The topological polar surface area (TPSA) is 40.5 Å². The molecule has 0 heterocycles. The van der Waals surface area contributed by atoms with Gasteiger partial charge >= 0.3 is 0 Å². The van der Waals surface area contributed by atoms with E-state index in [1.807, 2.05) is 13.8 Å². The van der Waals surface area contributed by atoms with E-state index in [9.17, 15) is 0 Å². The summed E-state index contributed by atoms with van der Waals surface area (Å²) < 4.78 is 0. The van der Waals surface area contributed by atoms with Crippen LogP contribution >= 0.6 is 0 Å². The first-order valence-electron chi connectivity index (χ1n) is 2.84. The van der Waals surface area contributed by atoms with Gasteiger partial charge in [0.05, 0.1) is 0 Å². The van der Waals surface area contributed by atoms with E-state index in [4.69, 9.17) is 10.2 Å². The Morgan fingerprint density at radius 1 is 1.22 bits per heavy atom. The van der Waals surface area contributed by atoms with Gasteiger partial charge in [0.25, 0.3) is 0 Å². The molecule has 0 bridgehead atoms. The summed E-state index contributed by atoms with van der Waals surface area (Å²) in [6.45, 7) is 4.15. The Hall–Kier alpha value is 1.02. The number of hydrogen-bond acceptors (Lipinski definition) is 2. The van der Waals surface area contributed by atoms with Crippen LogP contribution in [0.4, 0.5) is 0 Å². The van der Waals surface area contributed by atoms with Gasteiger partial charge in [0.15, 0.2) is 0 Å². The summed E-state index contributed by atoms with van der Waals surface area (Å²) in [7, 11) is 0. The maximum absolute atomic E-state index is 8.61. The van der Waals surface area contributed by atoms with E-state index in [-0.39, 0.29) is 51.3 Å². The molecule has 0 saturated heterocycles. The summed E-state index contributed by atoms with van der Waals surface area (Å²) in [5.74, 6) is 0. The second-order valence-electron chi connectivity index (χ2n) is 2.80. The third kappa shape index (κ3) is 6.91. The Balaban J connectivity index is 0. The minimum atomic E-state index is -0.102. The summed E-state index contributed by atoms with van der Waals surface area (Å²) in [6, 6.07) is 0. The van der Waals surface area contributed by atoms with Gasteiger partial charge in [-0.25, -0.2) is 0 Å². The van der Waals surface area contributed by atoms with Gasteiger partial charge in [0.1, 0.15) is 0 Å². The molecule has 0 aliphatic rings. The maximum atomic E-state index is 8.61. The van der Waals surface area contributed by atoms with Crippen LogP contribution in [0.5, 0.6) is 0 Å². The Bertz CT molecular complexity index is 64.1. The normalized spacial score (nSPS) is 10.7. The summed E-state index contributed by atoms with van der Waals surface area (Å²) in [5.41, 5.74) is -0.102. The minimum absolute atomic E-state index is 0. The van der Waals surface area contributed by atoms with Crippen molar-refractivity contribution in [1.82, 2.24) is 0 Å². The van der Waals surface area contributed by atoms with Crippen molar-refractivity contribution >= 4 is 0 Å². The molecule has 0 unspecified atom stereocenters. The second-order valence-corrected chi connectivity index (χ2v) is 2.80. The predicted octanol–water partition coefficient (Wildman–Crippen LogP) is 0.385. The molecule has 0 aromatic carbocycles. The van der Waals surface area contributed by atoms with Crippen molar-refractivity contribution in [2.24, 2.45) is 5.41 Å².